The Kier molecular flexibility index (Phi) is 6.43. The highest BCUT2D eigenvalue weighted by atomic mass is 35.5. The van der Waals surface area contributed by atoms with Crippen molar-refractivity contribution in [1.82, 2.24) is 13.7 Å². The van der Waals surface area contributed by atoms with E-state index in [4.69, 9.17) is 11.8 Å². The highest BCUT2D eigenvalue weighted by molar-refractivity contribution is 7.89. The molecule has 0 saturated heterocycles. The van der Waals surface area contributed by atoms with Gasteiger partial charge in [-0.25, -0.2) is 21.9 Å². The van der Waals surface area contributed by atoms with Crippen molar-refractivity contribution in [2.45, 2.75) is 18.4 Å². The molecule has 0 aliphatic heterocycles. The van der Waals surface area contributed by atoms with Crippen LogP contribution in [0.25, 0.3) is 22.0 Å². The van der Waals surface area contributed by atoms with E-state index in [1.165, 1.54) is 24.5 Å². The van der Waals surface area contributed by atoms with Crippen molar-refractivity contribution in [3.63, 3.8) is 0 Å². The molecule has 0 amide bonds. The van der Waals surface area contributed by atoms with Crippen molar-refractivity contribution in [1.29, 1.82) is 0 Å². The number of aromatic nitrogens is 1. The summed E-state index contributed by atoms with van der Waals surface area (Å²) in [6, 6.07) is 14.5. The molecule has 0 bridgehead atoms. The number of para-hydroxylation sites is 1. The Balaban J connectivity index is 2.18. The Morgan fingerprint density at radius 2 is 1.93 bits per heavy atom. The van der Waals surface area contributed by atoms with Gasteiger partial charge >= 0.3 is 0 Å². The van der Waals surface area contributed by atoms with Gasteiger partial charge in [0.1, 0.15) is 5.83 Å². The van der Waals surface area contributed by atoms with Crippen molar-refractivity contribution in [2.24, 2.45) is 0 Å². The maximum atomic E-state index is 14.4. The number of hydrogen-bond acceptors (Lipinski definition) is 3. The lowest BCUT2D eigenvalue weighted by molar-refractivity contribution is 0.521. The summed E-state index contributed by atoms with van der Waals surface area (Å²) in [5.41, 5.74) is 3.39. The summed E-state index contributed by atoms with van der Waals surface area (Å²) in [4.78, 5) is 2.60. The minimum Gasteiger partial charge on any atom is -0.337 e. The molecule has 29 heavy (non-hydrogen) atoms. The zero-order valence-corrected chi connectivity index (χ0v) is 18.1. The van der Waals surface area contributed by atoms with Gasteiger partial charge < -0.3 is 4.57 Å². The van der Waals surface area contributed by atoms with Gasteiger partial charge in [0.15, 0.2) is 0 Å². The fourth-order valence-electron chi connectivity index (χ4n) is 3.39. The van der Waals surface area contributed by atoms with Crippen molar-refractivity contribution in [2.75, 3.05) is 20.6 Å². The van der Waals surface area contributed by atoms with Gasteiger partial charge in [0.2, 0.25) is 10.0 Å². The molecule has 0 radical (unpaired) electrons. The van der Waals surface area contributed by atoms with E-state index in [1.807, 2.05) is 41.8 Å². The van der Waals surface area contributed by atoms with Crippen LogP contribution in [0.5, 0.6) is 0 Å². The van der Waals surface area contributed by atoms with Crippen molar-refractivity contribution >= 4 is 32.7 Å². The minimum absolute atomic E-state index is 0.0700. The third-order valence-corrected chi connectivity index (χ3v) is 6.81. The van der Waals surface area contributed by atoms with Gasteiger partial charge in [0, 0.05) is 42.8 Å². The van der Waals surface area contributed by atoms with Crippen LogP contribution in [0, 0.1) is 6.92 Å². The van der Waals surface area contributed by atoms with Crippen LogP contribution in [0.2, 0.25) is 0 Å². The van der Waals surface area contributed by atoms with E-state index >= 15 is 0 Å². The van der Waals surface area contributed by atoms with Gasteiger partial charge in [-0.1, -0.05) is 30.3 Å². The van der Waals surface area contributed by atoms with Crippen LogP contribution in [0.4, 0.5) is 4.39 Å². The van der Waals surface area contributed by atoms with Gasteiger partial charge in [-0.15, -0.1) is 0 Å². The van der Waals surface area contributed by atoms with Crippen molar-refractivity contribution in [3.8, 4) is 11.1 Å². The van der Waals surface area contributed by atoms with E-state index in [0.29, 0.717) is 0 Å². The third-order valence-electron chi connectivity index (χ3n) is 4.84. The molecule has 0 saturated carbocycles. The van der Waals surface area contributed by atoms with Crippen LogP contribution in [-0.2, 0) is 16.6 Å². The first-order valence-electron chi connectivity index (χ1n) is 9.06. The number of nitrogens with one attached hydrogen (secondary N) is 1. The second kappa shape index (κ2) is 8.67. The number of halogens is 2. The Hall–Kier alpha value is -2.19. The predicted octanol–water partition coefficient (Wildman–Crippen LogP) is 4.46. The molecule has 0 aliphatic rings. The first kappa shape index (κ1) is 21.5. The van der Waals surface area contributed by atoms with Gasteiger partial charge in [0.05, 0.1) is 11.4 Å². The molecule has 0 unspecified atom stereocenters. The van der Waals surface area contributed by atoms with Gasteiger partial charge in [-0.3, -0.25) is 0 Å². The number of rotatable bonds is 7. The third kappa shape index (κ3) is 4.23. The lowest BCUT2D eigenvalue weighted by Gasteiger charge is -2.13. The molecule has 1 aromatic heterocycles. The Labute approximate surface area is 175 Å². The topological polar surface area (TPSA) is 54.3 Å². The summed E-state index contributed by atoms with van der Waals surface area (Å²) in [7, 11) is -0.550. The highest BCUT2D eigenvalue weighted by Gasteiger charge is 2.20. The Morgan fingerprint density at radius 3 is 2.62 bits per heavy atom. The standard InChI is InChI=1S/C21H23ClFN3O2S/c1-15-21(16-7-6-8-18(13-16)29(27,28)25(2)3)19-9-4-5-10-20(19)26(15)14-17(23)11-12-24-22/h4-11,13,24H,12,14H2,1-3H3/b17-11-. The summed E-state index contributed by atoms with van der Waals surface area (Å²) in [6.07, 6.45) is 1.39. The van der Waals surface area contributed by atoms with Crippen molar-refractivity contribution in [3.05, 3.63) is 66.1 Å². The number of benzene rings is 2. The first-order chi connectivity index (χ1) is 13.8. The number of allylic oxidation sites excluding steroid dienone is 1. The fraction of sp³-hybridized carbons (Fsp3) is 0.238. The zero-order valence-electron chi connectivity index (χ0n) is 16.5. The van der Waals surface area contributed by atoms with Crippen LogP contribution in [0.15, 0.2) is 65.3 Å². The van der Waals surface area contributed by atoms with Crippen LogP contribution in [0.3, 0.4) is 0 Å². The number of nitrogens with zero attached hydrogens (tertiary/aromatic N) is 2. The second-order valence-electron chi connectivity index (χ2n) is 6.87. The second-order valence-corrected chi connectivity index (χ2v) is 9.29. The Morgan fingerprint density at radius 1 is 1.21 bits per heavy atom. The van der Waals surface area contributed by atoms with Gasteiger partial charge in [0.25, 0.3) is 0 Å². The van der Waals surface area contributed by atoms with Crippen LogP contribution in [0.1, 0.15) is 5.69 Å². The van der Waals surface area contributed by atoms with Crippen LogP contribution < -0.4 is 4.84 Å². The zero-order chi connectivity index (χ0) is 21.2. The molecule has 154 valence electrons. The van der Waals surface area contributed by atoms with Gasteiger partial charge in [-0.05, 0) is 48.5 Å². The van der Waals surface area contributed by atoms with E-state index in [0.717, 1.165) is 27.7 Å². The summed E-state index contributed by atoms with van der Waals surface area (Å²) in [5, 5.41) is 0.938. The normalized spacial score (nSPS) is 12.8. The van der Waals surface area contributed by atoms with Crippen LogP contribution in [-0.4, -0.2) is 37.9 Å². The molecule has 8 heteroatoms. The van der Waals surface area contributed by atoms with Crippen molar-refractivity contribution < 1.29 is 12.8 Å². The summed E-state index contributed by atoms with van der Waals surface area (Å²) >= 11 is 5.41. The largest absolute Gasteiger partial charge is 0.337 e. The monoisotopic (exact) mass is 435 g/mol. The van der Waals surface area contributed by atoms with E-state index in [1.54, 1.807) is 18.2 Å². The number of sulfonamides is 1. The summed E-state index contributed by atoms with van der Waals surface area (Å²) in [5.74, 6) is -0.308. The van der Waals surface area contributed by atoms with E-state index in [9.17, 15) is 12.8 Å². The summed E-state index contributed by atoms with van der Waals surface area (Å²) in [6.45, 7) is 2.21. The van der Waals surface area contributed by atoms with E-state index in [2.05, 4.69) is 4.84 Å². The van der Waals surface area contributed by atoms with Crippen LogP contribution >= 0.6 is 11.8 Å². The minimum atomic E-state index is -3.56. The molecule has 0 spiro atoms. The molecule has 1 heterocycles. The number of fused-ring (bicyclic) bond motifs is 1. The molecule has 3 aromatic rings. The highest BCUT2D eigenvalue weighted by Crippen LogP contribution is 2.36. The molecular formula is C21H23ClFN3O2S. The average molecular weight is 436 g/mol. The molecule has 3 rings (SSSR count). The molecule has 0 aliphatic carbocycles. The smallest absolute Gasteiger partial charge is 0.242 e. The van der Waals surface area contributed by atoms with E-state index in [-0.39, 0.29) is 23.8 Å². The molecule has 0 atom stereocenters. The Bertz CT molecular complexity index is 1170. The first-order valence-corrected chi connectivity index (χ1v) is 10.9. The lowest BCUT2D eigenvalue weighted by atomic mass is 10.0. The number of hydrogen-bond donors (Lipinski definition) is 1. The molecule has 0 fully saturated rings. The van der Waals surface area contributed by atoms with E-state index < -0.39 is 10.0 Å². The SMILES string of the molecule is Cc1c(-c2cccc(S(=O)(=O)N(C)C)c2)c2ccccc2n1C/C(F)=C/CNCl. The molecule has 2 aromatic carbocycles. The predicted molar refractivity (Wildman–Crippen MR) is 116 cm³/mol. The maximum absolute atomic E-state index is 14.4. The molecule has 1 N–H and O–H groups in total. The quantitative estimate of drug-likeness (QED) is 0.557. The lowest BCUT2D eigenvalue weighted by Crippen LogP contribution is -2.22. The summed E-state index contributed by atoms with van der Waals surface area (Å²) < 4.78 is 42.6. The molecular weight excluding hydrogens is 413 g/mol. The van der Waals surface area contributed by atoms with Gasteiger partial charge in [-0.2, -0.15) is 0 Å². The maximum Gasteiger partial charge on any atom is 0.242 e. The fourth-order valence-corrected chi connectivity index (χ4v) is 4.41. The average Bonchev–Trinajstić information content (AvgIpc) is 2.98. The molecule has 5 nitrogen and oxygen atoms in total.